The van der Waals surface area contributed by atoms with Gasteiger partial charge in [-0.3, -0.25) is 9.97 Å². The molecule has 0 saturated heterocycles. The van der Waals surface area contributed by atoms with E-state index in [0.717, 1.165) is 33.6 Å². The molecule has 8 heteroatoms. The van der Waals surface area contributed by atoms with E-state index in [1.807, 2.05) is 32.0 Å². The van der Waals surface area contributed by atoms with Crippen LogP contribution in [0.3, 0.4) is 0 Å². The van der Waals surface area contributed by atoms with Gasteiger partial charge in [-0.05, 0) is 26.0 Å². The van der Waals surface area contributed by atoms with E-state index in [4.69, 9.17) is 9.47 Å². The molecule has 2 aromatic heterocycles. The summed E-state index contributed by atoms with van der Waals surface area (Å²) in [4.78, 5) is 11.9. The van der Waals surface area contributed by atoms with Crippen LogP contribution in [0.15, 0.2) is 29.6 Å². The predicted octanol–water partition coefficient (Wildman–Crippen LogP) is 2.25. The SMILES string of the molecule is COc1ccc2[nH]c([S@@+]([O-])Cc3ncc(C)c(OC)c3C)nc2c1.[LiH]. The Morgan fingerprint density at radius 2 is 1.96 bits per heavy atom. The molecule has 3 rings (SSSR count). The molecule has 0 saturated carbocycles. The van der Waals surface area contributed by atoms with Crippen molar-refractivity contribution in [2.24, 2.45) is 0 Å². The van der Waals surface area contributed by atoms with Gasteiger partial charge >= 0.3 is 24.0 Å². The van der Waals surface area contributed by atoms with Gasteiger partial charge in [0.1, 0.15) is 11.5 Å². The van der Waals surface area contributed by atoms with Gasteiger partial charge in [0.15, 0.2) is 5.75 Å². The summed E-state index contributed by atoms with van der Waals surface area (Å²) < 4.78 is 23.3. The second-order valence-electron chi connectivity index (χ2n) is 5.46. The summed E-state index contributed by atoms with van der Waals surface area (Å²) in [5.74, 6) is 1.78. The number of nitrogens with one attached hydrogen (secondary N) is 1. The Kier molecular flexibility index (Phi) is 6.41. The molecule has 0 amide bonds. The summed E-state index contributed by atoms with van der Waals surface area (Å²) in [6.07, 6.45) is 1.74. The molecule has 1 atom stereocenters. The average Bonchev–Trinajstić information content (AvgIpc) is 3.01. The molecule has 1 aromatic carbocycles. The first-order valence-corrected chi connectivity index (χ1v) is 8.76. The van der Waals surface area contributed by atoms with Crippen molar-refractivity contribution in [1.82, 2.24) is 15.0 Å². The molecular weight excluding hydrogens is 333 g/mol. The summed E-state index contributed by atoms with van der Waals surface area (Å²) in [5, 5.41) is 0.430. The van der Waals surface area contributed by atoms with E-state index >= 15 is 0 Å². The zero-order valence-corrected chi connectivity index (χ0v) is 14.9. The Morgan fingerprint density at radius 3 is 2.64 bits per heavy atom. The number of pyridine rings is 1. The molecule has 128 valence electrons. The van der Waals surface area contributed by atoms with Crippen LogP contribution >= 0.6 is 0 Å². The van der Waals surface area contributed by atoms with Gasteiger partial charge in [-0.15, -0.1) is 0 Å². The van der Waals surface area contributed by atoms with Crippen molar-refractivity contribution in [2.45, 2.75) is 24.8 Å². The number of methoxy groups -OCH3 is 2. The number of fused-ring (bicyclic) bond motifs is 1. The molecule has 0 aliphatic carbocycles. The van der Waals surface area contributed by atoms with Crippen molar-refractivity contribution in [3.05, 3.63) is 41.2 Å². The molecule has 3 aromatic rings. The number of ether oxygens (including phenoxy) is 2. The number of aromatic nitrogens is 3. The number of aryl methyl sites for hydroxylation is 1. The fourth-order valence-corrected chi connectivity index (χ4v) is 3.71. The number of H-pyrrole nitrogens is 1. The molecule has 0 aliphatic heterocycles. The number of hydrogen-bond acceptors (Lipinski definition) is 5. The van der Waals surface area contributed by atoms with Crippen LogP contribution in [0.4, 0.5) is 0 Å². The minimum absolute atomic E-state index is 0. The van der Waals surface area contributed by atoms with Crippen LogP contribution in [0.5, 0.6) is 11.5 Å². The number of nitrogens with zero attached hydrogens (tertiary/aromatic N) is 2. The summed E-state index contributed by atoms with van der Waals surface area (Å²) in [6.45, 7) is 3.86. The van der Waals surface area contributed by atoms with Crippen molar-refractivity contribution in [2.75, 3.05) is 14.2 Å². The monoisotopic (exact) mass is 353 g/mol. The third-order valence-corrected chi connectivity index (χ3v) is 5.06. The zero-order valence-electron chi connectivity index (χ0n) is 14.0. The van der Waals surface area contributed by atoms with Crippen LogP contribution in [-0.4, -0.2) is 52.6 Å². The summed E-state index contributed by atoms with van der Waals surface area (Å²) >= 11 is -1.33. The van der Waals surface area contributed by atoms with Gasteiger partial charge in [0.2, 0.25) is 0 Å². The van der Waals surface area contributed by atoms with Gasteiger partial charge in [-0.2, -0.15) is 4.98 Å². The van der Waals surface area contributed by atoms with Crippen LogP contribution in [0.2, 0.25) is 0 Å². The van der Waals surface area contributed by atoms with Gasteiger partial charge in [-0.1, -0.05) is 0 Å². The third kappa shape index (κ3) is 3.96. The first-order chi connectivity index (χ1) is 11.5. The molecule has 0 bridgehead atoms. The zero-order chi connectivity index (χ0) is 17.3. The Hall–Kier alpha value is -1.65. The van der Waals surface area contributed by atoms with Crippen LogP contribution in [0, 0.1) is 13.8 Å². The third-order valence-electron chi connectivity index (χ3n) is 3.90. The molecule has 0 spiro atoms. The normalized spacial score (nSPS) is 11.9. The van der Waals surface area contributed by atoms with Crippen molar-refractivity contribution in [1.29, 1.82) is 0 Å². The molecule has 2 heterocycles. The molecule has 0 radical (unpaired) electrons. The van der Waals surface area contributed by atoms with Crippen molar-refractivity contribution < 1.29 is 14.0 Å². The maximum absolute atomic E-state index is 12.7. The second-order valence-corrected chi connectivity index (χ2v) is 6.83. The molecule has 1 N–H and O–H groups in total. The average molecular weight is 353 g/mol. The van der Waals surface area contributed by atoms with Gasteiger partial charge in [0, 0.05) is 34.6 Å². The van der Waals surface area contributed by atoms with Gasteiger partial charge in [0.05, 0.1) is 30.9 Å². The summed E-state index contributed by atoms with van der Waals surface area (Å²) in [5.41, 5.74) is 4.16. The van der Waals surface area contributed by atoms with E-state index in [-0.39, 0.29) is 24.6 Å². The molecule has 25 heavy (non-hydrogen) atoms. The minimum atomic E-state index is -1.33. The molecule has 6 nitrogen and oxygen atoms in total. The fourth-order valence-electron chi connectivity index (χ4n) is 2.61. The van der Waals surface area contributed by atoms with Crippen LogP contribution in [0.1, 0.15) is 16.8 Å². The van der Waals surface area contributed by atoms with E-state index in [1.54, 1.807) is 20.4 Å². The van der Waals surface area contributed by atoms with E-state index in [0.29, 0.717) is 10.9 Å². The number of rotatable bonds is 5. The van der Waals surface area contributed by atoms with Crippen molar-refractivity contribution in [3.8, 4) is 11.5 Å². The fraction of sp³-hybridized carbons (Fsp3) is 0.294. The Balaban J connectivity index is 0.00000225. The number of benzene rings is 1. The first-order valence-electron chi connectivity index (χ1n) is 7.44. The molecule has 0 aliphatic rings. The first kappa shape index (κ1) is 19.7. The van der Waals surface area contributed by atoms with Crippen molar-refractivity contribution >= 4 is 41.1 Å². The molecule has 0 fully saturated rings. The van der Waals surface area contributed by atoms with Crippen molar-refractivity contribution in [3.63, 3.8) is 0 Å². The van der Waals surface area contributed by atoms with Crippen LogP contribution in [-0.2, 0) is 16.9 Å². The summed E-state index contributed by atoms with van der Waals surface area (Å²) in [7, 11) is 3.23. The standard InChI is InChI=1S/C17H19N3O3S.Li.H/c1-10-8-18-15(11(2)16(10)23-4)9-24(21)17-19-13-6-5-12(22-3)7-14(13)20-17;;/h5-8H,9H2,1-4H3,(H,19,20);;/t24-;;/m0../s1. The van der Waals surface area contributed by atoms with E-state index in [1.165, 1.54) is 0 Å². The van der Waals surface area contributed by atoms with E-state index < -0.39 is 11.2 Å². The number of imidazole rings is 1. The van der Waals surface area contributed by atoms with E-state index in [2.05, 4.69) is 15.0 Å². The van der Waals surface area contributed by atoms with E-state index in [9.17, 15) is 4.55 Å². The van der Waals surface area contributed by atoms with Crippen LogP contribution in [0.25, 0.3) is 11.0 Å². The Labute approximate surface area is 161 Å². The molecular formula is C17H20LiN3O3S. The van der Waals surface area contributed by atoms with Gasteiger partial charge in [0.25, 0.3) is 0 Å². The topological polar surface area (TPSA) is 83.1 Å². The number of hydrogen-bond donors (Lipinski definition) is 1. The van der Waals surface area contributed by atoms with Gasteiger partial charge < -0.3 is 14.0 Å². The van der Waals surface area contributed by atoms with Gasteiger partial charge in [-0.25, -0.2) is 0 Å². The Morgan fingerprint density at radius 1 is 1.20 bits per heavy atom. The predicted molar refractivity (Wildman–Crippen MR) is 100 cm³/mol. The second kappa shape index (κ2) is 8.15. The number of aromatic amines is 1. The quantitative estimate of drug-likeness (QED) is 0.562. The Bertz CT molecular complexity index is 885. The van der Waals surface area contributed by atoms with Crippen LogP contribution < -0.4 is 9.47 Å². The summed E-state index contributed by atoms with van der Waals surface area (Å²) in [6, 6.07) is 5.51. The maximum atomic E-state index is 12.7. The molecule has 0 unspecified atom stereocenters.